The fourth-order valence-corrected chi connectivity index (χ4v) is 1.84. The molecule has 0 unspecified atom stereocenters. The van der Waals surface area contributed by atoms with E-state index in [1.807, 2.05) is 0 Å². The zero-order chi connectivity index (χ0) is 11.1. The maximum atomic E-state index is 8.46. The van der Waals surface area contributed by atoms with Crippen LogP contribution in [0.25, 0.3) is 0 Å². The molecule has 15 heavy (non-hydrogen) atoms. The lowest BCUT2D eigenvalue weighted by atomic mass is 9.94. The summed E-state index contributed by atoms with van der Waals surface area (Å²) in [6.45, 7) is 4.46. The largest absolute Gasteiger partial charge is 0.198 e. The summed E-state index contributed by atoms with van der Waals surface area (Å²) in [6, 6.07) is 10.8. The Hall–Kier alpha value is -1.29. The Morgan fingerprint density at radius 2 is 1.93 bits per heavy atom. The highest BCUT2D eigenvalue weighted by molar-refractivity contribution is 5.29. The first kappa shape index (κ1) is 11.8. The van der Waals surface area contributed by atoms with Crippen LogP contribution in [0.4, 0.5) is 0 Å². The molecule has 1 aromatic carbocycles. The van der Waals surface area contributed by atoms with Crippen molar-refractivity contribution in [3.8, 4) is 6.07 Å². The molecule has 0 N–H and O–H groups in total. The van der Waals surface area contributed by atoms with Gasteiger partial charge in [-0.3, -0.25) is 0 Å². The normalized spacial score (nSPS) is 10.3. The fourth-order valence-electron chi connectivity index (χ4n) is 1.84. The lowest BCUT2D eigenvalue weighted by Gasteiger charge is -2.11. The topological polar surface area (TPSA) is 23.8 Å². The van der Waals surface area contributed by atoms with Crippen molar-refractivity contribution in [2.45, 2.75) is 45.4 Å². The first-order valence-corrected chi connectivity index (χ1v) is 5.70. The van der Waals surface area contributed by atoms with Crippen LogP contribution in [0.1, 0.15) is 50.2 Å². The molecule has 0 spiro atoms. The Morgan fingerprint density at radius 3 is 2.60 bits per heavy atom. The van der Waals surface area contributed by atoms with Gasteiger partial charge in [0.15, 0.2) is 0 Å². The van der Waals surface area contributed by atoms with Gasteiger partial charge < -0.3 is 0 Å². The van der Waals surface area contributed by atoms with Gasteiger partial charge in [-0.15, -0.1) is 0 Å². The third-order valence-corrected chi connectivity index (χ3v) is 2.66. The minimum absolute atomic E-state index is 0.595. The molecule has 0 bridgehead atoms. The van der Waals surface area contributed by atoms with E-state index in [1.165, 1.54) is 11.1 Å². The van der Waals surface area contributed by atoms with E-state index in [-0.39, 0.29) is 0 Å². The number of nitriles is 1. The van der Waals surface area contributed by atoms with Crippen molar-refractivity contribution in [2.75, 3.05) is 0 Å². The smallest absolute Gasteiger partial charge is 0.0621 e. The summed E-state index contributed by atoms with van der Waals surface area (Å²) in [7, 11) is 0. The molecule has 1 aromatic rings. The predicted octanol–water partition coefficient (Wildman–Crippen LogP) is 4.05. The highest BCUT2D eigenvalue weighted by Gasteiger charge is 2.04. The SMILES string of the molecule is CC(C)c1ccccc1CCCCC#N. The van der Waals surface area contributed by atoms with Crippen LogP contribution in [-0.4, -0.2) is 0 Å². The number of aryl methyl sites for hydroxylation is 1. The third-order valence-electron chi connectivity index (χ3n) is 2.66. The summed E-state index contributed by atoms with van der Waals surface area (Å²) in [4.78, 5) is 0. The van der Waals surface area contributed by atoms with Gasteiger partial charge in [0, 0.05) is 6.42 Å². The van der Waals surface area contributed by atoms with Crippen molar-refractivity contribution in [2.24, 2.45) is 0 Å². The Kier molecular flexibility index (Phi) is 4.90. The molecule has 0 saturated carbocycles. The van der Waals surface area contributed by atoms with Crippen LogP contribution < -0.4 is 0 Å². The molecule has 1 heteroatoms. The number of unbranched alkanes of at least 4 members (excludes halogenated alkanes) is 2. The minimum atomic E-state index is 0.595. The van der Waals surface area contributed by atoms with Crippen LogP contribution in [0.15, 0.2) is 24.3 Å². The van der Waals surface area contributed by atoms with Crippen LogP contribution in [0.3, 0.4) is 0 Å². The van der Waals surface area contributed by atoms with Crippen molar-refractivity contribution in [3.05, 3.63) is 35.4 Å². The van der Waals surface area contributed by atoms with E-state index in [4.69, 9.17) is 5.26 Å². The molecule has 1 nitrogen and oxygen atoms in total. The van der Waals surface area contributed by atoms with E-state index >= 15 is 0 Å². The van der Waals surface area contributed by atoms with Gasteiger partial charge in [-0.25, -0.2) is 0 Å². The van der Waals surface area contributed by atoms with Gasteiger partial charge in [0.1, 0.15) is 0 Å². The lowest BCUT2D eigenvalue weighted by Crippen LogP contribution is -1.96. The van der Waals surface area contributed by atoms with Crippen molar-refractivity contribution in [3.63, 3.8) is 0 Å². The summed E-state index contributed by atoms with van der Waals surface area (Å²) in [5.74, 6) is 0.595. The standard InChI is InChI=1S/C14H19N/c1-12(2)14-10-6-5-9-13(14)8-4-3-7-11-15/h5-6,9-10,12H,3-4,7-8H2,1-2H3. The van der Waals surface area contributed by atoms with E-state index in [0.29, 0.717) is 12.3 Å². The van der Waals surface area contributed by atoms with Crippen molar-refractivity contribution in [1.29, 1.82) is 5.26 Å². The molecule has 80 valence electrons. The van der Waals surface area contributed by atoms with Gasteiger partial charge in [0.05, 0.1) is 6.07 Å². The first-order chi connectivity index (χ1) is 7.25. The Labute approximate surface area is 92.7 Å². The second-order valence-electron chi connectivity index (χ2n) is 4.22. The molecule has 0 amide bonds. The van der Waals surface area contributed by atoms with Crippen molar-refractivity contribution < 1.29 is 0 Å². The number of nitrogens with zero attached hydrogens (tertiary/aromatic N) is 1. The fraction of sp³-hybridized carbons (Fsp3) is 0.500. The minimum Gasteiger partial charge on any atom is -0.198 e. The molecule has 0 atom stereocenters. The zero-order valence-corrected chi connectivity index (χ0v) is 9.66. The monoisotopic (exact) mass is 201 g/mol. The molecule has 0 radical (unpaired) electrons. The quantitative estimate of drug-likeness (QED) is 0.659. The lowest BCUT2D eigenvalue weighted by molar-refractivity contribution is 0.736. The second-order valence-corrected chi connectivity index (χ2v) is 4.22. The van der Waals surface area contributed by atoms with Gasteiger partial charge in [0.25, 0.3) is 0 Å². The Morgan fingerprint density at radius 1 is 1.20 bits per heavy atom. The van der Waals surface area contributed by atoms with Crippen LogP contribution in [0.2, 0.25) is 0 Å². The highest BCUT2D eigenvalue weighted by Crippen LogP contribution is 2.20. The number of rotatable bonds is 5. The molecule has 1 rings (SSSR count). The average Bonchev–Trinajstić information content (AvgIpc) is 2.25. The molecule has 0 saturated heterocycles. The van der Waals surface area contributed by atoms with Crippen LogP contribution in [0.5, 0.6) is 0 Å². The van der Waals surface area contributed by atoms with E-state index in [2.05, 4.69) is 44.2 Å². The Bertz CT molecular complexity index is 333. The molecule has 0 aliphatic carbocycles. The molecular formula is C14H19N. The van der Waals surface area contributed by atoms with Crippen LogP contribution in [0, 0.1) is 11.3 Å². The maximum absolute atomic E-state index is 8.46. The third kappa shape index (κ3) is 3.75. The van der Waals surface area contributed by atoms with E-state index in [1.54, 1.807) is 0 Å². The molecule has 0 heterocycles. The molecule has 0 aliphatic heterocycles. The molecular weight excluding hydrogens is 182 g/mol. The van der Waals surface area contributed by atoms with E-state index in [0.717, 1.165) is 19.3 Å². The Balaban J connectivity index is 2.56. The van der Waals surface area contributed by atoms with E-state index in [9.17, 15) is 0 Å². The van der Waals surface area contributed by atoms with Crippen LogP contribution in [-0.2, 0) is 6.42 Å². The summed E-state index contributed by atoms with van der Waals surface area (Å²) >= 11 is 0. The summed E-state index contributed by atoms with van der Waals surface area (Å²) in [6.07, 6.45) is 3.93. The summed E-state index contributed by atoms with van der Waals surface area (Å²) in [5, 5.41) is 8.46. The maximum Gasteiger partial charge on any atom is 0.0621 e. The summed E-state index contributed by atoms with van der Waals surface area (Å²) in [5.41, 5.74) is 2.90. The van der Waals surface area contributed by atoms with Gasteiger partial charge in [-0.1, -0.05) is 38.1 Å². The first-order valence-electron chi connectivity index (χ1n) is 5.70. The van der Waals surface area contributed by atoms with Crippen LogP contribution >= 0.6 is 0 Å². The molecule has 0 aliphatic rings. The van der Waals surface area contributed by atoms with Gasteiger partial charge >= 0.3 is 0 Å². The van der Waals surface area contributed by atoms with E-state index < -0.39 is 0 Å². The number of hydrogen-bond acceptors (Lipinski definition) is 1. The number of benzene rings is 1. The highest BCUT2D eigenvalue weighted by atomic mass is 14.2. The molecule has 0 fully saturated rings. The number of hydrogen-bond donors (Lipinski definition) is 0. The zero-order valence-electron chi connectivity index (χ0n) is 9.66. The van der Waals surface area contributed by atoms with Gasteiger partial charge in [-0.2, -0.15) is 5.26 Å². The van der Waals surface area contributed by atoms with Gasteiger partial charge in [0.2, 0.25) is 0 Å². The summed E-state index contributed by atoms with van der Waals surface area (Å²) < 4.78 is 0. The van der Waals surface area contributed by atoms with Crippen molar-refractivity contribution >= 4 is 0 Å². The van der Waals surface area contributed by atoms with Crippen molar-refractivity contribution in [1.82, 2.24) is 0 Å². The predicted molar refractivity (Wildman–Crippen MR) is 63.7 cm³/mol. The molecule has 0 aromatic heterocycles. The van der Waals surface area contributed by atoms with Gasteiger partial charge in [-0.05, 0) is 36.3 Å². The average molecular weight is 201 g/mol. The second kappa shape index (κ2) is 6.24.